The van der Waals surface area contributed by atoms with Crippen molar-refractivity contribution in [2.45, 2.75) is 13.0 Å². The first kappa shape index (κ1) is 12.0. The summed E-state index contributed by atoms with van der Waals surface area (Å²) in [6.45, 7) is 2.52. The molecular weight excluding hydrogens is 214 g/mol. The molecule has 1 aromatic heterocycles. The van der Waals surface area contributed by atoms with Crippen LogP contribution >= 0.6 is 0 Å². The summed E-state index contributed by atoms with van der Waals surface area (Å²) in [6, 6.07) is 7.84. The van der Waals surface area contributed by atoms with E-state index < -0.39 is 6.10 Å². The van der Waals surface area contributed by atoms with Gasteiger partial charge in [0.1, 0.15) is 0 Å². The van der Waals surface area contributed by atoms with E-state index >= 15 is 0 Å². The lowest BCUT2D eigenvalue weighted by Crippen LogP contribution is -2.14. The van der Waals surface area contributed by atoms with Crippen LogP contribution < -0.4 is 0 Å². The molecular formula is C14H17NO2. The van der Waals surface area contributed by atoms with E-state index in [4.69, 9.17) is 4.74 Å². The molecule has 0 aliphatic carbocycles. The monoisotopic (exact) mass is 231 g/mol. The Balaban J connectivity index is 2.41. The molecule has 0 spiro atoms. The molecule has 0 aliphatic rings. The number of hydrogen-bond donors (Lipinski definition) is 1. The molecule has 1 N–H and O–H groups in total. The summed E-state index contributed by atoms with van der Waals surface area (Å²) in [7, 11) is 1.65. The maximum absolute atomic E-state index is 10.3. The Kier molecular flexibility index (Phi) is 3.71. The van der Waals surface area contributed by atoms with Crippen LogP contribution in [0, 0.1) is 5.92 Å². The maximum atomic E-state index is 10.3. The molecule has 17 heavy (non-hydrogen) atoms. The molecule has 3 nitrogen and oxygen atoms in total. The van der Waals surface area contributed by atoms with Gasteiger partial charge in [-0.25, -0.2) is 0 Å². The fourth-order valence-corrected chi connectivity index (χ4v) is 2.07. The first-order valence-corrected chi connectivity index (χ1v) is 5.73. The summed E-state index contributed by atoms with van der Waals surface area (Å²) in [5.41, 5.74) is 0.939. The number of aliphatic hydroxyl groups excluding tert-OH is 1. The number of pyridine rings is 1. The summed E-state index contributed by atoms with van der Waals surface area (Å²) >= 11 is 0. The predicted molar refractivity (Wildman–Crippen MR) is 67.7 cm³/mol. The van der Waals surface area contributed by atoms with E-state index in [2.05, 4.69) is 4.98 Å². The summed E-state index contributed by atoms with van der Waals surface area (Å²) in [5, 5.41) is 12.4. The molecule has 3 heteroatoms. The SMILES string of the molecule is COCC(C)C(O)c1cccc2cnccc12. The van der Waals surface area contributed by atoms with E-state index in [-0.39, 0.29) is 5.92 Å². The minimum atomic E-state index is -0.513. The molecule has 2 atom stereocenters. The minimum Gasteiger partial charge on any atom is -0.388 e. The van der Waals surface area contributed by atoms with Crippen LogP contribution in [-0.2, 0) is 4.74 Å². The predicted octanol–water partition coefficient (Wildman–Crippen LogP) is 2.55. The highest BCUT2D eigenvalue weighted by molar-refractivity contribution is 5.85. The average Bonchev–Trinajstić information content (AvgIpc) is 2.37. The molecule has 1 aromatic carbocycles. The molecule has 0 bridgehead atoms. The second-order valence-corrected chi connectivity index (χ2v) is 4.32. The van der Waals surface area contributed by atoms with E-state index in [1.165, 1.54) is 0 Å². The van der Waals surface area contributed by atoms with Gasteiger partial charge < -0.3 is 9.84 Å². The number of rotatable bonds is 4. The molecule has 0 aliphatic heterocycles. The fourth-order valence-electron chi connectivity index (χ4n) is 2.07. The third-order valence-electron chi connectivity index (χ3n) is 3.00. The molecule has 2 unspecified atom stereocenters. The highest BCUT2D eigenvalue weighted by atomic mass is 16.5. The molecule has 0 saturated carbocycles. The van der Waals surface area contributed by atoms with Crippen molar-refractivity contribution < 1.29 is 9.84 Å². The molecule has 0 radical (unpaired) electrons. The van der Waals surface area contributed by atoms with Crippen molar-refractivity contribution in [3.05, 3.63) is 42.2 Å². The van der Waals surface area contributed by atoms with Gasteiger partial charge in [0.25, 0.3) is 0 Å². The van der Waals surface area contributed by atoms with Crippen molar-refractivity contribution in [1.29, 1.82) is 0 Å². The minimum absolute atomic E-state index is 0.0683. The van der Waals surface area contributed by atoms with Crippen LogP contribution in [0.2, 0.25) is 0 Å². The van der Waals surface area contributed by atoms with E-state index in [1.54, 1.807) is 13.3 Å². The fraction of sp³-hybridized carbons (Fsp3) is 0.357. The third kappa shape index (κ3) is 2.46. The standard InChI is InChI=1S/C14H17NO2/c1-10(9-17-2)14(16)13-5-3-4-11-8-15-7-6-12(11)13/h3-8,10,14,16H,9H2,1-2H3. The van der Waals surface area contributed by atoms with Crippen LogP contribution in [0.15, 0.2) is 36.7 Å². The van der Waals surface area contributed by atoms with Gasteiger partial charge >= 0.3 is 0 Å². The van der Waals surface area contributed by atoms with Gasteiger partial charge in [0.15, 0.2) is 0 Å². The van der Waals surface area contributed by atoms with E-state index in [9.17, 15) is 5.11 Å². The van der Waals surface area contributed by atoms with Gasteiger partial charge in [-0.05, 0) is 17.0 Å². The number of aliphatic hydroxyl groups is 1. The van der Waals surface area contributed by atoms with Crippen LogP contribution in [-0.4, -0.2) is 23.8 Å². The zero-order valence-electron chi connectivity index (χ0n) is 10.1. The van der Waals surface area contributed by atoms with Crippen LogP contribution in [0.5, 0.6) is 0 Å². The number of nitrogens with zero attached hydrogens (tertiary/aromatic N) is 1. The largest absolute Gasteiger partial charge is 0.388 e. The van der Waals surface area contributed by atoms with Crippen molar-refractivity contribution in [2.24, 2.45) is 5.92 Å². The lowest BCUT2D eigenvalue weighted by molar-refractivity contribution is 0.0575. The van der Waals surface area contributed by atoms with Crippen LogP contribution in [0.1, 0.15) is 18.6 Å². The lowest BCUT2D eigenvalue weighted by atomic mass is 9.94. The molecule has 0 fully saturated rings. The van der Waals surface area contributed by atoms with Gasteiger partial charge in [-0.15, -0.1) is 0 Å². The Morgan fingerprint density at radius 3 is 2.94 bits per heavy atom. The Morgan fingerprint density at radius 2 is 2.18 bits per heavy atom. The Labute approximate surface area is 101 Å². The van der Waals surface area contributed by atoms with Gasteiger partial charge in [0, 0.05) is 30.8 Å². The average molecular weight is 231 g/mol. The molecule has 0 saturated heterocycles. The molecule has 2 rings (SSSR count). The van der Waals surface area contributed by atoms with Crippen molar-refractivity contribution in [3.8, 4) is 0 Å². The van der Waals surface area contributed by atoms with Crippen LogP contribution in [0.3, 0.4) is 0 Å². The number of methoxy groups -OCH3 is 1. The van der Waals surface area contributed by atoms with Crippen LogP contribution in [0.25, 0.3) is 10.8 Å². The summed E-state index contributed by atoms with van der Waals surface area (Å²) in [4.78, 5) is 4.09. The number of hydrogen-bond acceptors (Lipinski definition) is 3. The van der Waals surface area contributed by atoms with E-state index in [0.717, 1.165) is 16.3 Å². The van der Waals surface area contributed by atoms with Crippen molar-refractivity contribution in [2.75, 3.05) is 13.7 Å². The molecule has 1 heterocycles. The molecule has 2 aromatic rings. The second kappa shape index (κ2) is 5.25. The smallest absolute Gasteiger partial charge is 0.0843 e. The summed E-state index contributed by atoms with van der Waals surface area (Å²) in [6.07, 6.45) is 3.05. The number of aromatic nitrogens is 1. The number of benzene rings is 1. The Morgan fingerprint density at radius 1 is 1.35 bits per heavy atom. The number of ether oxygens (including phenoxy) is 1. The topological polar surface area (TPSA) is 42.4 Å². The second-order valence-electron chi connectivity index (χ2n) is 4.32. The highest BCUT2D eigenvalue weighted by Gasteiger charge is 2.18. The third-order valence-corrected chi connectivity index (χ3v) is 3.00. The van der Waals surface area contributed by atoms with Crippen LogP contribution in [0.4, 0.5) is 0 Å². The first-order valence-electron chi connectivity index (χ1n) is 5.73. The van der Waals surface area contributed by atoms with Gasteiger partial charge in [-0.2, -0.15) is 0 Å². The Bertz CT molecular complexity index is 493. The summed E-state index contributed by atoms with van der Waals surface area (Å²) in [5.74, 6) is 0.0683. The van der Waals surface area contributed by atoms with Crippen molar-refractivity contribution >= 4 is 10.8 Å². The van der Waals surface area contributed by atoms with Crippen molar-refractivity contribution in [3.63, 3.8) is 0 Å². The highest BCUT2D eigenvalue weighted by Crippen LogP contribution is 2.28. The summed E-state index contributed by atoms with van der Waals surface area (Å²) < 4.78 is 5.09. The zero-order chi connectivity index (χ0) is 12.3. The maximum Gasteiger partial charge on any atom is 0.0843 e. The van der Waals surface area contributed by atoms with E-state index in [0.29, 0.717) is 6.61 Å². The van der Waals surface area contributed by atoms with Gasteiger partial charge in [0.2, 0.25) is 0 Å². The molecule has 90 valence electrons. The zero-order valence-corrected chi connectivity index (χ0v) is 10.1. The molecule has 0 amide bonds. The lowest BCUT2D eigenvalue weighted by Gasteiger charge is -2.19. The Hall–Kier alpha value is -1.45. The van der Waals surface area contributed by atoms with Gasteiger partial charge in [-0.1, -0.05) is 25.1 Å². The van der Waals surface area contributed by atoms with Gasteiger partial charge in [0.05, 0.1) is 12.7 Å². The quantitative estimate of drug-likeness (QED) is 0.879. The normalized spacial score (nSPS) is 14.8. The van der Waals surface area contributed by atoms with Gasteiger partial charge in [-0.3, -0.25) is 4.98 Å². The van der Waals surface area contributed by atoms with Crippen molar-refractivity contribution in [1.82, 2.24) is 4.98 Å². The van der Waals surface area contributed by atoms with E-state index in [1.807, 2.05) is 37.4 Å². The number of fused-ring (bicyclic) bond motifs is 1. The first-order chi connectivity index (χ1) is 8.24.